The van der Waals surface area contributed by atoms with Crippen molar-refractivity contribution in [3.05, 3.63) is 47.3 Å². The Hall–Kier alpha value is -2.45. The summed E-state index contributed by atoms with van der Waals surface area (Å²) >= 11 is 0. The van der Waals surface area contributed by atoms with Gasteiger partial charge in [0.2, 0.25) is 0 Å². The lowest BCUT2D eigenvalue weighted by molar-refractivity contribution is -0.00218. The van der Waals surface area contributed by atoms with Crippen molar-refractivity contribution in [2.24, 2.45) is 0 Å². The minimum Gasteiger partial charge on any atom is -0.444 e. The summed E-state index contributed by atoms with van der Waals surface area (Å²) in [6.45, 7) is 9.41. The van der Waals surface area contributed by atoms with Gasteiger partial charge in [-0.05, 0) is 39.2 Å². The highest BCUT2D eigenvalue weighted by atomic mass is 16.6. The largest absolute Gasteiger partial charge is 0.444 e. The fourth-order valence-electron chi connectivity index (χ4n) is 3.98. The number of carbonyl (C=O) groups excluding carboxylic acids is 1. The minimum atomic E-state index is -0.473. The van der Waals surface area contributed by atoms with E-state index in [0.29, 0.717) is 13.2 Å². The maximum absolute atomic E-state index is 12.0. The number of likely N-dealkylation sites (tertiary alicyclic amines) is 1. The summed E-state index contributed by atoms with van der Waals surface area (Å²) < 4.78 is 13.4. The Bertz CT molecular complexity index is 853. The molecule has 1 fully saturated rings. The molecule has 8 heteroatoms. The van der Waals surface area contributed by atoms with E-state index in [1.807, 2.05) is 43.7 Å². The summed E-state index contributed by atoms with van der Waals surface area (Å²) in [5.41, 5.74) is 2.75. The van der Waals surface area contributed by atoms with E-state index in [0.717, 1.165) is 43.9 Å². The molecule has 0 unspecified atom stereocenters. The number of alkyl carbamates (subject to hydrolysis) is 1. The van der Waals surface area contributed by atoms with E-state index in [4.69, 9.17) is 9.47 Å². The first kappa shape index (κ1) is 20.8. The van der Waals surface area contributed by atoms with Gasteiger partial charge in [0.1, 0.15) is 17.4 Å². The monoisotopic (exact) mass is 413 g/mol. The zero-order chi connectivity index (χ0) is 21.1. The quantitative estimate of drug-likeness (QED) is 0.830. The fourth-order valence-corrected chi connectivity index (χ4v) is 3.98. The molecule has 2 aromatic rings. The van der Waals surface area contributed by atoms with Gasteiger partial charge in [0.15, 0.2) is 0 Å². The molecule has 0 bridgehead atoms. The van der Waals surface area contributed by atoms with Crippen molar-refractivity contribution in [2.75, 3.05) is 13.1 Å². The summed E-state index contributed by atoms with van der Waals surface area (Å²) in [6, 6.07) is 10.4. The number of rotatable bonds is 4. The first-order chi connectivity index (χ1) is 14.4. The van der Waals surface area contributed by atoms with Crippen LogP contribution >= 0.6 is 0 Å². The van der Waals surface area contributed by atoms with Gasteiger partial charge in [0.25, 0.3) is 0 Å². The molecule has 0 saturated carbocycles. The second-order valence-electron chi connectivity index (χ2n) is 9.07. The number of nitrogens with one attached hydrogen (secondary N) is 1. The van der Waals surface area contributed by atoms with E-state index in [2.05, 4.69) is 32.7 Å². The van der Waals surface area contributed by atoms with E-state index in [9.17, 15) is 4.79 Å². The van der Waals surface area contributed by atoms with Crippen molar-refractivity contribution in [1.82, 2.24) is 25.2 Å². The molecule has 1 atom stereocenters. The van der Waals surface area contributed by atoms with E-state index >= 15 is 0 Å². The number of carbonyl (C=O) groups is 1. The SMILES string of the molecule is CC(C)(C)OC(=O)NC1CCN(Cc2nnn3c2CO[C@@H](c2ccccc2)C3)CC1. The molecule has 3 heterocycles. The van der Waals surface area contributed by atoms with Crippen LogP contribution in [0.2, 0.25) is 0 Å². The van der Waals surface area contributed by atoms with Gasteiger partial charge in [-0.2, -0.15) is 0 Å². The number of ether oxygens (including phenoxy) is 2. The van der Waals surface area contributed by atoms with Gasteiger partial charge in [-0.3, -0.25) is 4.90 Å². The summed E-state index contributed by atoms with van der Waals surface area (Å²) in [5, 5.41) is 11.8. The van der Waals surface area contributed by atoms with Crippen molar-refractivity contribution in [2.45, 2.75) is 71.1 Å². The molecule has 1 aromatic carbocycles. The van der Waals surface area contributed by atoms with Gasteiger partial charge < -0.3 is 14.8 Å². The molecule has 1 saturated heterocycles. The van der Waals surface area contributed by atoms with Crippen LogP contribution in [0.1, 0.15) is 56.7 Å². The van der Waals surface area contributed by atoms with Gasteiger partial charge in [-0.1, -0.05) is 35.5 Å². The zero-order valence-electron chi connectivity index (χ0n) is 18.0. The molecule has 30 heavy (non-hydrogen) atoms. The highest BCUT2D eigenvalue weighted by Gasteiger charge is 2.28. The van der Waals surface area contributed by atoms with E-state index < -0.39 is 5.60 Å². The molecule has 1 aromatic heterocycles. The van der Waals surface area contributed by atoms with Gasteiger partial charge >= 0.3 is 6.09 Å². The van der Waals surface area contributed by atoms with Crippen molar-refractivity contribution >= 4 is 6.09 Å². The molecular formula is C22H31N5O3. The molecule has 0 radical (unpaired) electrons. The normalized spacial score (nSPS) is 20.6. The number of fused-ring (bicyclic) bond motifs is 1. The van der Waals surface area contributed by atoms with Crippen LogP contribution in [0.15, 0.2) is 30.3 Å². The molecular weight excluding hydrogens is 382 g/mol. The van der Waals surface area contributed by atoms with Crippen molar-refractivity contribution < 1.29 is 14.3 Å². The molecule has 0 aliphatic carbocycles. The van der Waals surface area contributed by atoms with Crippen LogP contribution in [0.25, 0.3) is 0 Å². The van der Waals surface area contributed by atoms with Gasteiger partial charge in [-0.15, -0.1) is 5.10 Å². The van der Waals surface area contributed by atoms with Crippen LogP contribution in [0.4, 0.5) is 4.79 Å². The summed E-state index contributed by atoms with van der Waals surface area (Å²) in [7, 11) is 0. The average molecular weight is 414 g/mol. The van der Waals surface area contributed by atoms with Gasteiger partial charge in [-0.25, -0.2) is 9.48 Å². The third-order valence-corrected chi connectivity index (χ3v) is 5.53. The Morgan fingerprint density at radius 1 is 1.23 bits per heavy atom. The fraction of sp³-hybridized carbons (Fsp3) is 0.591. The van der Waals surface area contributed by atoms with E-state index in [1.165, 1.54) is 5.56 Å². The smallest absolute Gasteiger partial charge is 0.407 e. The lowest BCUT2D eigenvalue weighted by Crippen LogP contribution is -2.46. The minimum absolute atomic E-state index is 0.0166. The zero-order valence-corrected chi connectivity index (χ0v) is 18.0. The second kappa shape index (κ2) is 8.73. The number of piperidine rings is 1. The van der Waals surface area contributed by atoms with Crippen LogP contribution in [-0.4, -0.2) is 50.7 Å². The first-order valence-electron chi connectivity index (χ1n) is 10.7. The standard InChI is InChI=1S/C22H31N5O3/c1-22(2,3)30-21(28)23-17-9-11-26(12-10-17)13-18-19-15-29-20(14-27(19)25-24-18)16-7-5-4-6-8-16/h4-8,17,20H,9-15H2,1-3H3,(H,23,28)/t20-/m1/s1. The Morgan fingerprint density at radius 3 is 2.67 bits per heavy atom. The molecule has 2 aliphatic heterocycles. The summed E-state index contributed by atoms with van der Waals surface area (Å²) in [6.07, 6.45) is 1.48. The average Bonchev–Trinajstić information content (AvgIpc) is 3.11. The van der Waals surface area contributed by atoms with E-state index in [-0.39, 0.29) is 18.2 Å². The first-order valence-corrected chi connectivity index (χ1v) is 10.7. The van der Waals surface area contributed by atoms with Crippen molar-refractivity contribution in [3.8, 4) is 0 Å². The molecule has 2 aliphatic rings. The van der Waals surface area contributed by atoms with E-state index in [1.54, 1.807) is 0 Å². The predicted octanol–water partition coefficient (Wildman–Crippen LogP) is 3.04. The lowest BCUT2D eigenvalue weighted by Gasteiger charge is -2.32. The Labute approximate surface area is 177 Å². The summed E-state index contributed by atoms with van der Waals surface area (Å²) in [5.74, 6) is 0. The van der Waals surface area contributed by atoms with Crippen LogP contribution in [0.5, 0.6) is 0 Å². The number of hydrogen-bond donors (Lipinski definition) is 1. The van der Waals surface area contributed by atoms with Crippen LogP contribution < -0.4 is 5.32 Å². The van der Waals surface area contributed by atoms with Crippen molar-refractivity contribution in [3.63, 3.8) is 0 Å². The Balaban J connectivity index is 1.28. The maximum atomic E-state index is 12.0. The van der Waals surface area contributed by atoms with Gasteiger partial charge in [0.05, 0.1) is 18.8 Å². The summed E-state index contributed by atoms with van der Waals surface area (Å²) in [4.78, 5) is 14.3. The molecule has 8 nitrogen and oxygen atoms in total. The number of benzene rings is 1. The number of nitrogens with zero attached hydrogens (tertiary/aromatic N) is 4. The number of aromatic nitrogens is 3. The number of hydrogen-bond acceptors (Lipinski definition) is 6. The second-order valence-corrected chi connectivity index (χ2v) is 9.07. The van der Waals surface area contributed by atoms with Crippen LogP contribution in [-0.2, 0) is 29.2 Å². The Morgan fingerprint density at radius 2 is 1.97 bits per heavy atom. The predicted molar refractivity (Wildman–Crippen MR) is 112 cm³/mol. The lowest BCUT2D eigenvalue weighted by atomic mass is 10.0. The number of amides is 1. The highest BCUT2D eigenvalue weighted by molar-refractivity contribution is 5.68. The van der Waals surface area contributed by atoms with Crippen LogP contribution in [0, 0.1) is 0 Å². The topological polar surface area (TPSA) is 81.5 Å². The molecule has 1 amide bonds. The molecule has 4 rings (SSSR count). The third-order valence-electron chi connectivity index (χ3n) is 5.53. The van der Waals surface area contributed by atoms with Crippen LogP contribution in [0.3, 0.4) is 0 Å². The van der Waals surface area contributed by atoms with Crippen molar-refractivity contribution in [1.29, 1.82) is 0 Å². The highest BCUT2D eigenvalue weighted by Crippen LogP contribution is 2.27. The maximum Gasteiger partial charge on any atom is 0.407 e. The molecule has 162 valence electrons. The Kier molecular flexibility index (Phi) is 6.06. The molecule has 1 N–H and O–H groups in total. The third kappa shape index (κ3) is 5.17. The van der Waals surface area contributed by atoms with Gasteiger partial charge in [0, 0.05) is 25.7 Å². The molecule has 0 spiro atoms.